The molecule has 1 aliphatic heterocycles. The molecule has 0 aliphatic carbocycles. The van der Waals surface area contributed by atoms with Gasteiger partial charge in [0.05, 0.1) is 11.4 Å². The SMILES string of the molecule is Cc1ccccc1-n1nc(Br)c2c1CNC2. The van der Waals surface area contributed by atoms with Crippen molar-refractivity contribution >= 4 is 15.9 Å². The van der Waals surface area contributed by atoms with Gasteiger partial charge in [-0.1, -0.05) is 18.2 Å². The fourth-order valence-corrected chi connectivity index (χ4v) is 2.65. The molecular formula is C12H12BrN3. The average molecular weight is 278 g/mol. The summed E-state index contributed by atoms with van der Waals surface area (Å²) < 4.78 is 2.99. The summed E-state index contributed by atoms with van der Waals surface area (Å²) in [5.41, 5.74) is 4.95. The van der Waals surface area contributed by atoms with Gasteiger partial charge >= 0.3 is 0 Å². The zero-order valence-corrected chi connectivity index (χ0v) is 10.6. The molecule has 16 heavy (non-hydrogen) atoms. The van der Waals surface area contributed by atoms with Crippen molar-refractivity contribution in [1.82, 2.24) is 15.1 Å². The van der Waals surface area contributed by atoms with Crippen molar-refractivity contribution in [2.24, 2.45) is 0 Å². The first kappa shape index (κ1) is 10.1. The Kier molecular flexibility index (Phi) is 2.33. The summed E-state index contributed by atoms with van der Waals surface area (Å²) in [7, 11) is 0. The Balaban J connectivity index is 2.21. The Bertz CT molecular complexity index is 545. The van der Waals surface area contributed by atoms with Crippen LogP contribution < -0.4 is 5.32 Å². The maximum absolute atomic E-state index is 4.56. The summed E-state index contributed by atoms with van der Waals surface area (Å²) >= 11 is 3.52. The van der Waals surface area contributed by atoms with E-state index >= 15 is 0 Å². The maximum Gasteiger partial charge on any atom is 0.133 e. The second kappa shape index (κ2) is 3.71. The van der Waals surface area contributed by atoms with Gasteiger partial charge in [0.1, 0.15) is 4.60 Å². The molecule has 82 valence electrons. The minimum Gasteiger partial charge on any atom is -0.307 e. The van der Waals surface area contributed by atoms with Crippen LogP contribution in [0.3, 0.4) is 0 Å². The first-order valence-corrected chi connectivity index (χ1v) is 6.09. The lowest BCUT2D eigenvalue weighted by molar-refractivity contribution is 0.705. The number of nitrogens with one attached hydrogen (secondary N) is 1. The van der Waals surface area contributed by atoms with Gasteiger partial charge in [-0.3, -0.25) is 0 Å². The molecule has 2 aromatic rings. The van der Waals surface area contributed by atoms with Gasteiger partial charge < -0.3 is 5.32 Å². The third-order valence-electron chi connectivity index (χ3n) is 2.98. The van der Waals surface area contributed by atoms with Gasteiger partial charge in [-0.05, 0) is 34.5 Å². The Labute approximate surface area is 103 Å². The lowest BCUT2D eigenvalue weighted by Gasteiger charge is -2.08. The fourth-order valence-electron chi connectivity index (χ4n) is 2.12. The Hall–Kier alpha value is -1.13. The second-order valence-electron chi connectivity index (χ2n) is 4.02. The Morgan fingerprint density at radius 2 is 2.12 bits per heavy atom. The van der Waals surface area contributed by atoms with Crippen LogP contribution in [0.2, 0.25) is 0 Å². The number of rotatable bonds is 1. The minimum atomic E-state index is 0.891. The van der Waals surface area contributed by atoms with Gasteiger partial charge in [0, 0.05) is 18.7 Å². The highest BCUT2D eigenvalue weighted by Gasteiger charge is 2.21. The predicted molar refractivity (Wildman–Crippen MR) is 66.5 cm³/mol. The number of halogens is 1. The normalized spacial score (nSPS) is 14.1. The van der Waals surface area contributed by atoms with Crippen molar-refractivity contribution in [3.05, 3.63) is 45.7 Å². The molecule has 0 saturated heterocycles. The molecule has 1 aromatic carbocycles. The van der Waals surface area contributed by atoms with Crippen LogP contribution in [0.25, 0.3) is 5.69 Å². The van der Waals surface area contributed by atoms with Crippen molar-refractivity contribution in [2.75, 3.05) is 0 Å². The highest BCUT2D eigenvalue weighted by atomic mass is 79.9. The van der Waals surface area contributed by atoms with Crippen LogP contribution in [0.1, 0.15) is 16.8 Å². The molecule has 0 fully saturated rings. The lowest BCUT2D eigenvalue weighted by atomic mass is 10.2. The smallest absolute Gasteiger partial charge is 0.133 e. The minimum absolute atomic E-state index is 0.891. The third-order valence-corrected chi connectivity index (χ3v) is 3.62. The van der Waals surface area contributed by atoms with E-state index in [1.165, 1.54) is 16.8 Å². The monoisotopic (exact) mass is 277 g/mol. The van der Waals surface area contributed by atoms with E-state index in [-0.39, 0.29) is 0 Å². The van der Waals surface area contributed by atoms with Crippen LogP contribution >= 0.6 is 15.9 Å². The van der Waals surface area contributed by atoms with Gasteiger partial charge in [-0.2, -0.15) is 5.10 Å². The molecule has 0 unspecified atom stereocenters. The number of fused-ring (bicyclic) bond motifs is 1. The summed E-state index contributed by atoms with van der Waals surface area (Å²) in [5, 5.41) is 7.90. The molecule has 0 saturated carbocycles. The molecule has 4 heteroatoms. The van der Waals surface area contributed by atoms with Crippen molar-refractivity contribution in [2.45, 2.75) is 20.0 Å². The standard InChI is InChI=1S/C12H12BrN3/c1-8-4-2-3-5-10(8)16-11-7-14-6-9(11)12(13)15-16/h2-5,14H,6-7H2,1H3. The number of hydrogen-bond donors (Lipinski definition) is 1. The van der Waals surface area contributed by atoms with Gasteiger partial charge in [-0.25, -0.2) is 4.68 Å². The molecular weight excluding hydrogens is 266 g/mol. The molecule has 0 amide bonds. The number of aryl methyl sites for hydroxylation is 1. The van der Waals surface area contributed by atoms with E-state index in [9.17, 15) is 0 Å². The summed E-state index contributed by atoms with van der Waals surface area (Å²) in [5.74, 6) is 0. The van der Waals surface area contributed by atoms with E-state index in [4.69, 9.17) is 0 Å². The van der Waals surface area contributed by atoms with Crippen LogP contribution in [-0.2, 0) is 13.1 Å². The zero-order chi connectivity index (χ0) is 11.1. The van der Waals surface area contributed by atoms with E-state index in [0.29, 0.717) is 0 Å². The molecule has 2 heterocycles. The summed E-state index contributed by atoms with van der Waals surface area (Å²) in [6, 6.07) is 8.32. The fraction of sp³-hybridized carbons (Fsp3) is 0.250. The molecule has 1 N–H and O–H groups in total. The summed E-state index contributed by atoms with van der Waals surface area (Å²) in [6.45, 7) is 3.91. The molecule has 1 aromatic heterocycles. The Morgan fingerprint density at radius 1 is 1.31 bits per heavy atom. The largest absolute Gasteiger partial charge is 0.307 e. The maximum atomic E-state index is 4.56. The van der Waals surface area contributed by atoms with Crippen molar-refractivity contribution in [3.63, 3.8) is 0 Å². The highest BCUT2D eigenvalue weighted by Crippen LogP contribution is 2.27. The molecule has 1 aliphatic rings. The summed E-state index contributed by atoms with van der Waals surface area (Å²) in [6.07, 6.45) is 0. The second-order valence-corrected chi connectivity index (χ2v) is 4.77. The van der Waals surface area contributed by atoms with Gasteiger partial charge in [0.2, 0.25) is 0 Å². The van der Waals surface area contributed by atoms with Crippen molar-refractivity contribution in [1.29, 1.82) is 0 Å². The number of hydrogen-bond acceptors (Lipinski definition) is 2. The van der Waals surface area contributed by atoms with E-state index in [1.807, 2.05) is 10.7 Å². The van der Waals surface area contributed by atoms with E-state index < -0.39 is 0 Å². The predicted octanol–water partition coefficient (Wildman–Crippen LogP) is 2.55. The average Bonchev–Trinajstić information content (AvgIpc) is 2.84. The Morgan fingerprint density at radius 3 is 2.94 bits per heavy atom. The number of nitrogens with zero attached hydrogens (tertiary/aromatic N) is 2. The lowest BCUT2D eigenvalue weighted by Crippen LogP contribution is -2.08. The van der Waals surface area contributed by atoms with Crippen LogP contribution in [0.5, 0.6) is 0 Å². The first-order chi connectivity index (χ1) is 7.77. The first-order valence-electron chi connectivity index (χ1n) is 5.30. The van der Waals surface area contributed by atoms with Crippen molar-refractivity contribution in [3.8, 4) is 5.69 Å². The zero-order valence-electron chi connectivity index (χ0n) is 9.00. The molecule has 3 nitrogen and oxygen atoms in total. The van der Waals surface area contributed by atoms with Crippen LogP contribution in [0.4, 0.5) is 0 Å². The van der Waals surface area contributed by atoms with Gasteiger partial charge in [0.25, 0.3) is 0 Å². The van der Waals surface area contributed by atoms with Gasteiger partial charge in [0.15, 0.2) is 0 Å². The van der Waals surface area contributed by atoms with E-state index in [0.717, 1.165) is 23.4 Å². The van der Waals surface area contributed by atoms with E-state index in [2.05, 4.69) is 51.5 Å². The summed E-state index contributed by atoms with van der Waals surface area (Å²) in [4.78, 5) is 0. The van der Waals surface area contributed by atoms with E-state index in [1.54, 1.807) is 0 Å². The number of benzene rings is 1. The van der Waals surface area contributed by atoms with Crippen molar-refractivity contribution < 1.29 is 0 Å². The van der Waals surface area contributed by atoms with Gasteiger partial charge in [-0.15, -0.1) is 0 Å². The number of aromatic nitrogens is 2. The number of para-hydroxylation sites is 1. The topological polar surface area (TPSA) is 29.9 Å². The quantitative estimate of drug-likeness (QED) is 0.868. The molecule has 0 bridgehead atoms. The third kappa shape index (κ3) is 1.41. The van der Waals surface area contributed by atoms with Crippen LogP contribution in [0, 0.1) is 6.92 Å². The van der Waals surface area contributed by atoms with Crippen LogP contribution in [0.15, 0.2) is 28.9 Å². The highest BCUT2D eigenvalue weighted by molar-refractivity contribution is 9.10. The molecule has 0 radical (unpaired) electrons. The molecule has 3 rings (SSSR count). The molecule has 0 atom stereocenters. The van der Waals surface area contributed by atoms with Crippen LogP contribution in [-0.4, -0.2) is 9.78 Å². The molecule has 0 spiro atoms.